The molecule has 0 radical (unpaired) electrons. The lowest BCUT2D eigenvalue weighted by molar-refractivity contribution is 0.0954. The van der Waals surface area contributed by atoms with Crippen molar-refractivity contribution in [1.82, 2.24) is 5.43 Å². The minimum absolute atomic E-state index is 0.230. The largest absolute Gasteiger partial charge is 0.272 e. The molecule has 0 aromatic heterocycles. The zero-order valence-corrected chi connectivity index (χ0v) is 13.6. The van der Waals surface area contributed by atoms with Gasteiger partial charge in [-0.3, -0.25) is 4.79 Å². The van der Waals surface area contributed by atoms with Crippen molar-refractivity contribution in [3.63, 3.8) is 0 Å². The number of carbonyl (C=O) groups excluding carboxylic acids is 1. The minimum Gasteiger partial charge on any atom is -0.267 e. The lowest BCUT2D eigenvalue weighted by Crippen LogP contribution is -2.19. The standard InChI is InChI=1S/C17H17BrN2O/c1-3-13-8-10-14(11-9-13)12(2)19-20-17(21)15-6-4-5-7-16(15)18/h4-11H,3H2,1-2H3,(H,20,21)/b19-12+. The predicted octanol–water partition coefficient (Wildman–Crippen LogP) is 4.17. The van der Waals surface area contributed by atoms with Gasteiger partial charge in [-0.05, 0) is 52.5 Å². The number of nitrogens with zero attached hydrogens (tertiary/aromatic N) is 1. The Kier molecular flexibility index (Phi) is 5.28. The molecule has 0 heterocycles. The van der Waals surface area contributed by atoms with Crippen LogP contribution in [0.15, 0.2) is 58.1 Å². The van der Waals surface area contributed by atoms with Crippen molar-refractivity contribution >= 4 is 27.5 Å². The van der Waals surface area contributed by atoms with Gasteiger partial charge in [0.2, 0.25) is 0 Å². The number of amides is 1. The van der Waals surface area contributed by atoms with E-state index < -0.39 is 0 Å². The summed E-state index contributed by atoms with van der Waals surface area (Å²) < 4.78 is 0.752. The van der Waals surface area contributed by atoms with Crippen LogP contribution in [0.3, 0.4) is 0 Å². The highest BCUT2D eigenvalue weighted by Gasteiger charge is 2.08. The van der Waals surface area contributed by atoms with E-state index in [0.717, 1.165) is 22.2 Å². The molecular weight excluding hydrogens is 328 g/mol. The van der Waals surface area contributed by atoms with E-state index in [0.29, 0.717) is 5.56 Å². The molecule has 0 atom stereocenters. The fourth-order valence-electron chi connectivity index (χ4n) is 1.89. The Morgan fingerprint density at radius 3 is 2.43 bits per heavy atom. The molecule has 2 aromatic carbocycles. The van der Waals surface area contributed by atoms with Crippen LogP contribution in [0.4, 0.5) is 0 Å². The highest BCUT2D eigenvalue weighted by atomic mass is 79.9. The van der Waals surface area contributed by atoms with Crippen molar-refractivity contribution in [3.05, 3.63) is 69.7 Å². The van der Waals surface area contributed by atoms with Crippen LogP contribution in [-0.4, -0.2) is 11.6 Å². The van der Waals surface area contributed by atoms with Gasteiger partial charge >= 0.3 is 0 Å². The van der Waals surface area contributed by atoms with Gasteiger partial charge in [0.05, 0.1) is 11.3 Å². The van der Waals surface area contributed by atoms with Crippen LogP contribution in [0, 0.1) is 0 Å². The molecular formula is C17H17BrN2O. The number of aryl methyl sites for hydroxylation is 1. The molecule has 0 aliphatic carbocycles. The summed E-state index contributed by atoms with van der Waals surface area (Å²) in [5, 5.41) is 4.16. The van der Waals surface area contributed by atoms with Crippen LogP contribution < -0.4 is 5.43 Å². The van der Waals surface area contributed by atoms with Crippen molar-refractivity contribution in [2.75, 3.05) is 0 Å². The van der Waals surface area contributed by atoms with E-state index in [4.69, 9.17) is 0 Å². The Morgan fingerprint density at radius 2 is 1.81 bits per heavy atom. The Hall–Kier alpha value is -1.94. The highest BCUT2D eigenvalue weighted by molar-refractivity contribution is 9.10. The van der Waals surface area contributed by atoms with Gasteiger partial charge in [-0.1, -0.05) is 43.3 Å². The topological polar surface area (TPSA) is 41.5 Å². The van der Waals surface area contributed by atoms with E-state index in [1.807, 2.05) is 37.3 Å². The third kappa shape index (κ3) is 4.02. The van der Waals surface area contributed by atoms with Gasteiger partial charge in [-0.25, -0.2) is 5.43 Å². The van der Waals surface area contributed by atoms with E-state index in [9.17, 15) is 4.79 Å². The fraction of sp³-hybridized carbons (Fsp3) is 0.176. The second-order valence-corrected chi connectivity index (χ2v) is 5.52. The average molecular weight is 345 g/mol. The third-order valence-electron chi connectivity index (χ3n) is 3.22. The average Bonchev–Trinajstić information content (AvgIpc) is 2.52. The first-order valence-corrected chi connectivity index (χ1v) is 7.59. The Labute approximate surface area is 133 Å². The van der Waals surface area contributed by atoms with Crippen molar-refractivity contribution in [2.24, 2.45) is 5.10 Å². The summed E-state index contributed by atoms with van der Waals surface area (Å²) in [4.78, 5) is 12.1. The summed E-state index contributed by atoms with van der Waals surface area (Å²) in [6.07, 6.45) is 1.01. The lowest BCUT2D eigenvalue weighted by atomic mass is 10.1. The molecule has 0 saturated heterocycles. The van der Waals surface area contributed by atoms with Crippen molar-refractivity contribution in [1.29, 1.82) is 0 Å². The van der Waals surface area contributed by atoms with Gasteiger partial charge in [0.15, 0.2) is 0 Å². The lowest BCUT2D eigenvalue weighted by Gasteiger charge is -2.05. The molecule has 0 bridgehead atoms. The predicted molar refractivity (Wildman–Crippen MR) is 89.6 cm³/mol. The molecule has 0 fully saturated rings. The number of benzene rings is 2. The van der Waals surface area contributed by atoms with Crippen LogP contribution in [0.1, 0.15) is 35.3 Å². The molecule has 1 amide bonds. The monoisotopic (exact) mass is 344 g/mol. The Balaban J connectivity index is 2.09. The van der Waals surface area contributed by atoms with E-state index in [1.165, 1.54) is 5.56 Å². The number of nitrogens with one attached hydrogen (secondary N) is 1. The van der Waals surface area contributed by atoms with Gasteiger partial charge < -0.3 is 0 Å². The molecule has 2 rings (SSSR count). The van der Waals surface area contributed by atoms with Crippen LogP contribution in [-0.2, 0) is 6.42 Å². The third-order valence-corrected chi connectivity index (χ3v) is 3.92. The van der Waals surface area contributed by atoms with E-state index in [2.05, 4.69) is 45.5 Å². The summed E-state index contributed by atoms with van der Waals surface area (Å²) in [5.41, 5.74) is 6.21. The zero-order chi connectivity index (χ0) is 15.2. The van der Waals surface area contributed by atoms with Gasteiger partial charge in [0, 0.05) is 4.47 Å². The van der Waals surface area contributed by atoms with E-state index in [-0.39, 0.29) is 5.91 Å². The molecule has 0 aliphatic rings. The number of carbonyl (C=O) groups is 1. The van der Waals surface area contributed by atoms with Crippen LogP contribution >= 0.6 is 15.9 Å². The fourth-order valence-corrected chi connectivity index (χ4v) is 2.35. The summed E-state index contributed by atoms with van der Waals surface area (Å²) >= 11 is 3.36. The van der Waals surface area contributed by atoms with Gasteiger partial charge in [0.25, 0.3) is 5.91 Å². The van der Waals surface area contributed by atoms with Crippen molar-refractivity contribution < 1.29 is 4.79 Å². The molecule has 0 unspecified atom stereocenters. The summed E-state index contributed by atoms with van der Waals surface area (Å²) in [6, 6.07) is 15.4. The first-order valence-electron chi connectivity index (χ1n) is 6.80. The maximum absolute atomic E-state index is 12.1. The smallest absolute Gasteiger partial charge is 0.267 e. The van der Waals surface area contributed by atoms with E-state index >= 15 is 0 Å². The maximum atomic E-state index is 12.1. The molecule has 0 aliphatic heterocycles. The van der Waals surface area contributed by atoms with E-state index in [1.54, 1.807) is 6.07 Å². The van der Waals surface area contributed by atoms with Crippen LogP contribution in [0.5, 0.6) is 0 Å². The molecule has 3 nitrogen and oxygen atoms in total. The van der Waals surface area contributed by atoms with Crippen molar-refractivity contribution in [2.45, 2.75) is 20.3 Å². The quantitative estimate of drug-likeness (QED) is 0.656. The number of hydrazone groups is 1. The summed E-state index contributed by atoms with van der Waals surface area (Å²) in [5.74, 6) is -0.230. The van der Waals surface area contributed by atoms with Crippen molar-refractivity contribution in [3.8, 4) is 0 Å². The summed E-state index contributed by atoms with van der Waals surface area (Å²) in [7, 11) is 0. The normalized spacial score (nSPS) is 11.3. The molecule has 0 spiro atoms. The number of hydrogen-bond donors (Lipinski definition) is 1. The molecule has 4 heteroatoms. The Morgan fingerprint density at radius 1 is 1.14 bits per heavy atom. The SMILES string of the molecule is CCc1ccc(/C(C)=N/NC(=O)c2ccccc2Br)cc1. The first-order chi connectivity index (χ1) is 10.1. The number of halogens is 1. The van der Waals surface area contributed by atoms with Gasteiger partial charge in [0.1, 0.15) is 0 Å². The second-order valence-electron chi connectivity index (χ2n) is 4.67. The first kappa shape index (κ1) is 15.4. The second kappa shape index (κ2) is 7.18. The van der Waals surface area contributed by atoms with Crippen LogP contribution in [0.2, 0.25) is 0 Å². The highest BCUT2D eigenvalue weighted by Crippen LogP contribution is 2.15. The van der Waals surface area contributed by atoms with Gasteiger partial charge in [-0.15, -0.1) is 0 Å². The zero-order valence-electron chi connectivity index (χ0n) is 12.1. The number of hydrogen-bond acceptors (Lipinski definition) is 2. The maximum Gasteiger partial charge on any atom is 0.272 e. The van der Waals surface area contributed by atoms with Crippen LogP contribution in [0.25, 0.3) is 0 Å². The molecule has 21 heavy (non-hydrogen) atoms. The number of rotatable bonds is 4. The van der Waals surface area contributed by atoms with Gasteiger partial charge in [-0.2, -0.15) is 5.10 Å². The minimum atomic E-state index is -0.230. The molecule has 2 aromatic rings. The Bertz CT molecular complexity index is 663. The summed E-state index contributed by atoms with van der Waals surface area (Å²) in [6.45, 7) is 4.00. The molecule has 1 N–H and O–H groups in total. The molecule has 108 valence electrons. The molecule has 0 saturated carbocycles.